The summed E-state index contributed by atoms with van der Waals surface area (Å²) in [5, 5.41) is 11.9. The average Bonchev–Trinajstić information content (AvgIpc) is 3.47. The van der Waals surface area contributed by atoms with Gasteiger partial charge in [0, 0.05) is 31.0 Å². The van der Waals surface area contributed by atoms with E-state index in [-0.39, 0.29) is 22.9 Å². The predicted octanol–water partition coefficient (Wildman–Crippen LogP) is 4.47. The molecule has 180 valence electrons. The molecule has 0 radical (unpaired) electrons. The van der Waals surface area contributed by atoms with Gasteiger partial charge in [-0.3, -0.25) is 9.59 Å². The Morgan fingerprint density at radius 2 is 1.83 bits per heavy atom. The zero-order valence-corrected chi connectivity index (χ0v) is 20.0. The van der Waals surface area contributed by atoms with Gasteiger partial charge in [-0.05, 0) is 42.3 Å². The van der Waals surface area contributed by atoms with Gasteiger partial charge in [-0.1, -0.05) is 29.3 Å². The van der Waals surface area contributed by atoms with Gasteiger partial charge in [0.15, 0.2) is 11.5 Å². The first-order valence-electron chi connectivity index (χ1n) is 11.0. The summed E-state index contributed by atoms with van der Waals surface area (Å²) in [6.07, 6.45) is 5.76. The van der Waals surface area contributed by atoms with E-state index in [4.69, 9.17) is 32.7 Å². The number of ether oxygens (including phenoxy) is 2. The second-order valence-corrected chi connectivity index (χ2v) is 8.99. The molecule has 35 heavy (non-hydrogen) atoms. The molecular weight excluding hydrogens is 493 g/mol. The molecule has 0 unspecified atom stereocenters. The van der Waals surface area contributed by atoms with Crippen molar-refractivity contribution in [2.45, 2.75) is 19.0 Å². The van der Waals surface area contributed by atoms with Crippen molar-refractivity contribution in [3.05, 3.63) is 81.9 Å². The van der Waals surface area contributed by atoms with Crippen LogP contribution in [-0.2, 0) is 16.1 Å². The molecule has 5 rings (SSSR count). The summed E-state index contributed by atoms with van der Waals surface area (Å²) in [6.45, 7) is 1.70. The van der Waals surface area contributed by atoms with E-state index in [1.807, 2.05) is 10.8 Å². The van der Waals surface area contributed by atoms with E-state index in [1.54, 1.807) is 48.9 Å². The van der Waals surface area contributed by atoms with Gasteiger partial charge in [0.25, 0.3) is 11.7 Å². The number of imidazole rings is 1. The molecule has 0 spiro atoms. The van der Waals surface area contributed by atoms with Gasteiger partial charge >= 0.3 is 0 Å². The maximum Gasteiger partial charge on any atom is 0.295 e. The Labute approximate surface area is 211 Å². The van der Waals surface area contributed by atoms with Crippen LogP contribution in [0.5, 0.6) is 11.5 Å². The topological polar surface area (TPSA) is 93.9 Å². The first kappa shape index (κ1) is 23.3. The molecule has 0 bridgehead atoms. The summed E-state index contributed by atoms with van der Waals surface area (Å²) in [4.78, 5) is 31.8. The second-order valence-electron chi connectivity index (χ2n) is 8.18. The number of aromatic nitrogens is 2. The molecule has 2 aliphatic rings. The van der Waals surface area contributed by atoms with E-state index >= 15 is 0 Å². The molecule has 1 fully saturated rings. The summed E-state index contributed by atoms with van der Waals surface area (Å²) < 4.78 is 13.0. The van der Waals surface area contributed by atoms with Crippen LogP contribution in [0.2, 0.25) is 10.0 Å². The Morgan fingerprint density at radius 1 is 1.03 bits per heavy atom. The number of likely N-dealkylation sites (tertiary alicyclic amines) is 1. The number of Topliss-reactive ketones (excluding diaryl/α,β-unsaturated/α-hetero) is 1. The standard InChI is InChI=1S/C25H21Cl2N3O5/c26-17-4-2-15(12-18(17)27)22-21(23(31)16-3-5-19-20(13-16)35-11-10-34-19)24(32)25(33)30(22)8-1-7-29-9-6-28-14-29/h2-6,9,12-14,22,31H,1,7-8,10-11H2/b23-21+/t22-/m0/s1. The van der Waals surface area contributed by atoms with Gasteiger partial charge < -0.3 is 24.0 Å². The number of nitrogens with zero attached hydrogens (tertiary/aromatic N) is 3. The van der Waals surface area contributed by atoms with Crippen LogP contribution < -0.4 is 9.47 Å². The first-order valence-corrected chi connectivity index (χ1v) is 11.8. The smallest absolute Gasteiger partial charge is 0.295 e. The van der Waals surface area contributed by atoms with Crippen molar-refractivity contribution in [1.82, 2.24) is 14.5 Å². The SMILES string of the molecule is O=C1C(=O)N(CCCn2ccnc2)[C@@H](c2ccc(Cl)c(Cl)c2)/C1=C(\O)c1ccc2c(c1)OCCO2. The number of aliphatic hydroxyl groups excluding tert-OH is 1. The molecule has 2 aromatic carbocycles. The van der Waals surface area contributed by atoms with E-state index in [2.05, 4.69) is 4.98 Å². The molecular formula is C25H21Cl2N3O5. The number of rotatable bonds is 6. The van der Waals surface area contributed by atoms with Crippen molar-refractivity contribution < 1.29 is 24.2 Å². The van der Waals surface area contributed by atoms with Gasteiger partial charge in [-0.2, -0.15) is 0 Å². The number of benzene rings is 2. The maximum absolute atomic E-state index is 13.2. The summed E-state index contributed by atoms with van der Waals surface area (Å²) in [5.74, 6) is -0.745. The quantitative estimate of drug-likeness (QED) is 0.296. The number of aliphatic hydroxyl groups is 1. The van der Waals surface area contributed by atoms with E-state index in [9.17, 15) is 14.7 Å². The van der Waals surface area contributed by atoms with Crippen molar-refractivity contribution in [2.75, 3.05) is 19.8 Å². The molecule has 0 aliphatic carbocycles. The van der Waals surface area contributed by atoms with Crippen LogP contribution in [0.15, 0.2) is 60.7 Å². The van der Waals surface area contributed by atoms with Crippen molar-refractivity contribution in [3.8, 4) is 11.5 Å². The Hall–Kier alpha value is -3.49. The van der Waals surface area contributed by atoms with Crippen LogP contribution in [-0.4, -0.2) is 51.0 Å². The van der Waals surface area contributed by atoms with E-state index in [0.717, 1.165) is 0 Å². The molecule has 2 aliphatic heterocycles. The monoisotopic (exact) mass is 513 g/mol. The number of hydrogen-bond acceptors (Lipinski definition) is 6. The third-order valence-corrected chi connectivity index (χ3v) is 6.73. The number of fused-ring (bicyclic) bond motifs is 1. The number of amides is 1. The Morgan fingerprint density at radius 3 is 2.57 bits per heavy atom. The Kier molecular flexibility index (Phi) is 6.40. The van der Waals surface area contributed by atoms with Crippen molar-refractivity contribution in [1.29, 1.82) is 0 Å². The highest BCUT2D eigenvalue weighted by Crippen LogP contribution is 2.42. The molecule has 10 heteroatoms. The van der Waals surface area contributed by atoms with Crippen molar-refractivity contribution in [2.24, 2.45) is 0 Å². The summed E-state index contributed by atoms with van der Waals surface area (Å²) >= 11 is 12.4. The molecule has 1 atom stereocenters. The van der Waals surface area contributed by atoms with Gasteiger partial charge in [0.05, 0.1) is 28.0 Å². The minimum Gasteiger partial charge on any atom is -0.507 e. The first-order chi connectivity index (χ1) is 16.9. The molecule has 3 aromatic rings. The Balaban J connectivity index is 1.55. The summed E-state index contributed by atoms with van der Waals surface area (Å²) in [5.41, 5.74) is 0.892. The van der Waals surface area contributed by atoms with E-state index in [0.29, 0.717) is 53.8 Å². The van der Waals surface area contributed by atoms with Gasteiger partial charge in [-0.25, -0.2) is 4.98 Å². The van der Waals surface area contributed by atoms with Crippen LogP contribution in [0.3, 0.4) is 0 Å². The summed E-state index contributed by atoms with van der Waals surface area (Å²) in [6, 6.07) is 8.98. The average molecular weight is 514 g/mol. The number of carbonyl (C=O) groups excluding carboxylic acids is 2. The minimum absolute atomic E-state index is 0.0207. The highest BCUT2D eigenvalue weighted by atomic mass is 35.5. The second kappa shape index (κ2) is 9.64. The number of aryl methyl sites for hydroxylation is 1. The largest absolute Gasteiger partial charge is 0.507 e. The van der Waals surface area contributed by atoms with E-state index in [1.165, 1.54) is 4.90 Å². The van der Waals surface area contributed by atoms with Crippen LogP contribution in [0, 0.1) is 0 Å². The van der Waals surface area contributed by atoms with Gasteiger partial charge in [0.2, 0.25) is 0 Å². The van der Waals surface area contributed by atoms with E-state index < -0.39 is 17.7 Å². The molecule has 1 amide bonds. The zero-order chi connectivity index (χ0) is 24.5. The molecule has 1 saturated heterocycles. The maximum atomic E-state index is 13.2. The summed E-state index contributed by atoms with van der Waals surface area (Å²) in [7, 11) is 0. The number of carbonyl (C=O) groups is 2. The zero-order valence-electron chi connectivity index (χ0n) is 18.5. The molecule has 1 N–H and O–H groups in total. The fourth-order valence-electron chi connectivity index (χ4n) is 4.33. The molecule has 1 aromatic heterocycles. The van der Waals surface area contributed by atoms with Crippen molar-refractivity contribution >= 4 is 40.7 Å². The van der Waals surface area contributed by atoms with Gasteiger partial charge in [-0.15, -0.1) is 0 Å². The number of ketones is 1. The minimum atomic E-state index is -0.833. The van der Waals surface area contributed by atoms with Crippen LogP contribution in [0.1, 0.15) is 23.6 Å². The predicted molar refractivity (Wildman–Crippen MR) is 130 cm³/mol. The molecule has 3 heterocycles. The number of hydrogen-bond donors (Lipinski definition) is 1. The lowest BCUT2D eigenvalue weighted by atomic mass is 9.95. The number of halogens is 2. The third-order valence-electron chi connectivity index (χ3n) is 5.99. The van der Waals surface area contributed by atoms with Gasteiger partial charge in [0.1, 0.15) is 19.0 Å². The lowest BCUT2D eigenvalue weighted by molar-refractivity contribution is -0.139. The Bertz CT molecular complexity index is 1320. The highest BCUT2D eigenvalue weighted by molar-refractivity contribution is 6.46. The third kappa shape index (κ3) is 4.47. The van der Waals surface area contributed by atoms with Crippen LogP contribution >= 0.6 is 23.2 Å². The van der Waals surface area contributed by atoms with Crippen LogP contribution in [0.4, 0.5) is 0 Å². The lowest BCUT2D eigenvalue weighted by Gasteiger charge is -2.26. The lowest BCUT2D eigenvalue weighted by Crippen LogP contribution is -2.31. The van der Waals surface area contributed by atoms with Crippen LogP contribution in [0.25, 0.3) is 5.76 Å². The fraction of sp³-hybridized carbons (Fsp3) is 0.240. The normalized spacial score (nSPS) is 18.8. The fourth-order valence-corrected chi connectivity index (χ4v) is 4.63. The van der Waals surface area contributed by atoms with Crippen molar-refractivity contribution in [3.63, 3.8) is 0 Å². The molecule has 8 nitrogen and oxygen atoms in total. The highest BCUT2D eigenvalue weighted by Gasteiger charge is 2.46. The molecule has 0 saturated carbocycles.